The number of fused-ring (bicyclic) bond motifs is 1. The van der Waals surface area contributed by atoms with Crippen LogP contribution >= 0.6 is 0 Å². The fourth-order valence-corrected chi connectivity index (χ4v) is 1.80. The van der Waals surface area contributed by atoms with Gasteiger partial charge >= 0.3 is 5.97 Å². The molecule has 4 nitrogen and oxygen atoms in total. The van der Waals surface area contributed by atoms with Crippen LogP contribution in [0.4, 0.5) is 0 Å². The van der Waals surface area contributed by atoms with E-state index < -0.39 is 5.97 Å². The average Bonchev–Trinajstić information content (AvgIpc) is 2.40. The van der Waals surface area contributed by atoms with Crippen molar-refractivity contribution in [3.63, 3.8) is 0 Å². The molecule has 11 heavy (non-hydrogen) atoms. The van der Waals surface area contributed by atoms with Gasteiger partial charge < -0.3 is 9.84 Å². The van der Waals surface area contributed by atoms with Crippen molar-refractivity contribution in [3.05, 3.63) is 0 Å². The van der Waals surface area contributed by atoms with Crippen LogP contribution in [0, 0.1) is 0 Å². The molecule has 0 aromatic heterocycles. The molecule has 2 fully saturated rings. The van der Waals surface area contributed by atoms with Gasteiger partial charge in [-0.15, -0.1) is 0 Å². The highest BCUT2D eigenvalue weighted by atomic mass is 16.5. The number of hydrogen-bond donors (Lipinski definition) is 2. The predicted molar refractivity (Wildman–Crippen MR) is 37.3 cm³/mol. The van der Waals surface area contributed by atoms with Gasteiger partial charge in [0.15, 0.2) is 0 Å². The molecule has 0 aromatic rings. The van der Waals surface area contributed by atoms with Gasteiger partial charge in [0.25, 0.3) is 0 Å². The number of carbonyl (C=O) groups is 1. The number of ether oxygens (including phenoxy) is 1. The van der Waals surface area contributed by atoms with Gasteiger partial charge in [-0.2, -0.15) is 0 Å². The number of carboxylic acids is 1. The zero-order chi connectivity index (χ0) is 7.84. The Morgan fingerprint density at radius 1 is 1.64 bits per heavy atom. The number of carboxylic acid groups (broad SMARTS) is 1. The first kappa shape index (κ1) is 7.06. The standard InChI is InChI=1S/C7H11NO3/c9-7(10)5-3-6-4(8-5)1-2-11-6/h4-6,8H,1-3H2,(H,9,10)/t4-,5?,6-/m1/s1. The normalized spacial score (nSPS) is 42.4. The van der Waals surface area contributed by atoms with Crippen LogP contribution in [0.2, 0.25) is 0 Å². The zero-order valence-corrected chi connectivity index (χ0v) is 6.12. The lowest BCUT2D eigenvalue weighted by atomic mass is 10.1. The Morgan fingerprint density at radius 3 is 3.09 bits per heavy atom. The van der Waals surface area contributed by atoms with Crippen LogP contribution in [0.15, 0.2) is 0 Å². The molecule has 2 aliphatic rings. The molecule has 3 atom stereocenters. The summed E-state index contributed by atoms with van der Waals surface area (Å²) in [6.45, 7) is 0.772. The van der Waals surface area contributed by atoms with Gasteiger partial charge in [0.1, 0.15) is 6.04 Å². The third-order valence-electron chi connectivity index (χ3n) is 2.39. The van der Waals surface area contributed by atoms with Crippen molar-refractivity contribution in [3.8, 4) is 0 Å². The summed E-state index contributed by atoms with van der Waals surface area (Å²) >= 11 is 0. The molecule has 0 aromatic carbocycles. The number of nitrogens with one attached hydrogen (secondary N) is 1. The number of hydrogen-bond acceptors (Lipinski definition) is 3. The molecule has 2 heterocycles. The monoisotopic (exact) mass is 157 g/mol. The molecule has 0 spiro atoms. The van der Waals surface area contributed by atoms with Crippen molar-refractivity contribution in [1.82, 2.24) is 5.32 Å². The molecular formula is C7H11NO3. The van der Waals surface area contributed by atoms with E-state index in [2.05, 4.69) is 5.32 Å². The summed E-state index contributed by atoms with van der Waals surface area (Å²) in [4.78, 5) is 10.5. The minimum absolute atomic E-state index is 0.149. The topological polar surface area (TPSA) is 58.6 Å². The lowest BCUT2D eigenvalue weighted by molar-refractivity contribution is -0.139. The third-order valence-corrected chi connectivity index (χ3v) is 2.39. The van der Waals surface area contributed by atoms with E-state index in [0.717, 1.165) is 13.0 Å². The molecule has 0 aliphatic carbocycles. The van der Waals surface area contributed by atoms with Crippen LogP contribution in [-0.4, -0.2) is 35.9 Å². The molecule has 1 unspecified atom stereocenters. The van der Waals surface area contributed by atoms with Crippen LogP contribution in [0.3, 0.4) is 0 Å². The van der Waals surface area contributed by atoms with Crippen LogP contribution in [-0.2, 0) is 9.53 Å². The van der Waals surface area contributed by atoms with Gasteiger partial charge in [0.2, 0.25) is 0 Å². The fourth-order valence-electron chi connectivity index (χ4n) is 1.80. The van der Waals surface area contributed by atoms with E-state index in [9.17, 15) is 4.79 Å². The molecule has 4 heteroatoms. The molecule has 2 rings (SSSR count). The maximum atomic E-state index is 10.5. The van der Waals surface area contributed by atoms with Gasteiger partial charge in [-0.1, -0.05) is 0 Å². The van der Waals surface area contributed by atoms with E-state index in [1.54, 1.807) is 0 Å². The Bertz CT molecular complexity index is 171. The SMILES string of the molecule is O=C(O)C1C[C@H]2OCC[C@H]2N1. The smallest absolute Gasteiger partial charge is 0.320 e. The molecule has 62 valence electrons. The first-order valence-electron chi connectivity index (χ1n) is 3.88. The zero-order valence-electron chi connectivity index (χ0n) is 6.12. The molecule has 0 amide bonds. The molecule has 0 radical (unpaired) electrons. The third kappa shape index (κ3) is 1.12. The van der Waals surface area contributed by atoms with E-state index in [1.807, 2.05) is 0 Å². The van der Waals surface area contributed by atoms with Crippen molar-refractivity contribution in [1.29, 1.82) is 0 Å². The van der Waals surface area contributed by atoms with Crippen LogP contribution in [0.25, 0.3) is 0 Å². The van der Waals surface area contributed by atoms with Gasteiger partial charge in [-0.25, -0.2) is 0 Å². The van der Waals surface area contributed by atoms with E-state index in [0.29, 0.717) is 6.42 Å². The Kier molecular flexibility index (Phi) is 1.58. The van der Waals surface area contributed by atoms with Gasteiger partial charge in [-0.05, 0) is 6.42 Å². The number of aliphatic carboxylic acids is 1. The highest BCUT2D eigenvalue weighted by molar-refractivity contribution is 5.74. The highest BCUT2D eigenvalue weighted by Gasteiger charge is 2.40. The first-order valence-corrected chi connectivity index (χ1v) is 3.88. The van der Waals surface area contributed by atoms with Crippen molar-refractivity contribution in [2.24, 2.45) is 0 Å². The Labute approximate surface area is 64.5 Å². The second-order valence-corrected chi connectivity index (χ2v) is 3.10. The van der Waals surface area contributed by atoms with E-state index >= 15 is 0 Å². The second-order valence-electron chi connectivity index (χ2n) is 3.10. The molecule has 2 saturated heterocycles. The van der Waals surface area contributed by atoms with Gasteiger partial charge in [-0.3, -0.25) is 10.1 Å². The summed E-state index contributed by atoms with van der Waals surface area (Å²) in [5.41, 5.74) is 0. The van der Waals surface area contributed by atoms with E-state index in [1.165, 1.54) is 0 Å². The maximum absolute atomic E-state index is 10.5. The van der Waals surface area contributed by atoms with Crippen molar-refractivity contribution >= 4 is 5.97 Å². The summed E-state index contributed by atoms with van der Waals surface area (Å²) in [5, 5.41) is 11.7. The first-order chi connectivity index (χ1) is 5.27. The van der Waals surface area contributed by atoms with Crippen LogP contribution in [0.5, 0.6) is 0 Å². The van der Waals surface area contributed by atoms with Gasteiger partial charge in [0, 0.05) is 19.1 Å². The summed E-state index contributed by atoms with van der Waals surface area (Å²) in [5.74, 6) is -0.761. The summed E-state index contributed by atoms with van der Waals surface area (Å²) in [7, 11) is 0. The minimum atomic E-state index is -0.761. The Balaban J connectivity index is 1.99. The lowest BCUT2D eigenvalue weighted by Gasteiger charge is -2.05. The van der Waals surface area contributed by atoms with Crippen LogP contribution in [0.1, 0.15) is 12.8 Å². The predicted octanol–water partition coefficient (Wildman–Crippen LogP) is -0.410. The summed E-state index contributed by atoms with van der Waals surface area (Å²) in [6.07, 6.45) is 1.73. The number of rotatable bonds is 1. The fraction of sp³-hybridized carbons (Fsp3) is 0.857. The molecular weight excluding hydrogens is 146 g/mol. The minimum Gasteiger partial charge on any atom is -0.480 e. The van der Waals surface area contributed by atoms with E-state index in [4.69, 9.17) is 9.84 Å². The average molecular weight is 157 g/mol. The van der Waals surface area contributed by atoms with Crippen LogP contribution < -0.4 is 5.32 Å². The van der Waals surface area contributed by atoms with Gasteiger partial charge in [0.05, 0.1) is 6.10 Å². The Morgan fingerprint density at radius 2 is 2.45 bits per heavy atom. The van der Waals surface area contributed by atoms with Crippen molar-refractivity contribution < 1.29 is 14.6 Å². The summed E-state index contributed by atoms with van der Waals surface area (Å²) < 4.78 is 5.33. The van der Waals surface area contributed by atoms with Crippen molar-refractivity contribution in [2.75, 3.05) is 6.61 Å². The molecule has 0 bridgehead atoms. The second kappa shape index (κ2) is 2.46. The Hall–Kier alpha value is -0.610. The quantitative estimate of drug-likeness (QED) is 0.543. The maximum Gasteiger partial charge on any atom is 0.320 e. The van der Waals surface area contributed by atoms with Crippen molar-refractivity contribution in [2.45, 2.75) is 31.0 Å². The molecule has 2 aliphatic heterocycles. The molecule has 2 N–H and O–H groups in total. The molecule has 0 saturated carbocycles. The lowest BCUT2D eigenvalue weighted by Crippen LogP contribution is -2.35. The highest BCUT2D eigenvalue weighted by Crippen LogP contribution is 2.24. The summed E-state index contributed by atoms with van der Waals surface area (Å²) in [6, 6.07) is -0.0959. The largest absolute Gasteiger partial charge is 0.480 e. The van der Waals surface area contributed by atoms with E-state index in [-0.39, 0.29) is 18.2 Å².